The Morgan fingerprint density at radius 3 is 2.76 bits per heavy atom. The Kier molecular flexibility index (Phi) is 5.73. The second-order valence-electron chi connectivity index (χ2n) is 5.57. The molecule has 1 heterocycles. The first-order valence-electron chi connectivity index (χ1n) is 7.61. The summed E-state index contributed by atoms with van der Waals surface area (Å²) in [5.74, 6) is 0.116. The highest BCUT2D eigenvalue weighted by atomic mass is 32.1. The molecule has 6 heteroatoms. The van der Waals surface area contributed by atoms with Gasteiger partial charge < -0.3 is 10.2 Å². The summed E-state index contributed by atoms with van der Waals surface area (Å²) in [6.07, 6.45) is 6.74. The van der Waals surface area contributed by atoms with Crippen LogP contribution in [-0.2, 0) is 9.59 Å². The molecule has 0 aliphatic heterocycles. The molecule has 1 aliphatic carbocycles. The number of nitrogens with zero attached hydrogens (tertiary/aromatic N) is 2. The Morgan fingerprint density at radius 2 is 2.24 bits per heavy atom. The van der Waals surface area contributed by atoms with E-state index in [2.05, 4.69) is 17.2 Å². The van der Waals surface area contributed by atoms with Gasteiger partial charge in [0.1, 0.15) is 0 Å². The highest BCUT2D eigenvalue weighted by Gasteiger charge is 2.30. The molecule has 21 heavy (non-hydrogen) atoms. The van der Waals surface area contributed by atoms with Crippen molar-refractivity contribution in [2.24, 2.45) is 5.92 Å². The molecular weight excluding hydrogens is 286 g/mol. The number of amides is 2. The predicted molar refractivity (Wildman–Crippen MR) is 84.3 cm³/mol. The van der Waals surface area contributed by atoms with Crippen LogP contribution in [0.2, 0.25) is 0 Å². The summed E-state index contributed by atoms with van der Waals surface area (Å²) in [5.41, 5.74) is 0. The average Bonchev–Trinajstić information content (AvgIpc) is 2.77. The second-order valence-corrected chi connectivity index (χ2v) is 6.80. The van der Waals surface area contributed by atoms with Crippen LogP contribution in [0.3, 0.4) is 0 Å². The Bertz CT molecular complexity index is 497. The lowest BCUT2D eigenvalue weighted by Gasteiger charge is -2.31. The third-order valence-corrected chi connectivity index (χ3v) is 4.58. The zero-order chi connectivity index (χ0) is 15.2. The molecule has 2 rings (SSSR count). The van der Waals surface area contributed by atoms with Gasteiger partial charge in [0.2, 0.25) is 11.8 Å². The molecule has 0 unspecified atom stereocenters. The first kappa shape index (κ1) is 15.9. The first-order chi connectivity index (χ1) is 10.1. The molecule has 1 aliphatic rings. The zero-order valence-electron chi connectivity index (χ0n) is 12.7. The van der Waals surface area contributed by atoms with Crippen LogP contribution in [0, 0.1) is 12.8 Å². The van der Waals surface area contributed by atoms with Crippen LogP contribution in [0.25, 0.3) is 0 Å². The number of carbonyl (C=O) groups is 2. The van der Waals surface area contributed by atoms with Crippen molar-refractivity contribution in [3.8, 4) is 0 Å². The number of aromatic nitrogens is 1. The van der Waals surface area contributed by atoms with Crippen LogP contribution in [0.5, 0.6) is 0 Å². The maximum absolute atomic E-state index is 12.4. The van der Waals surface area contributed by atoms with Gasteiger partial charge in [-0.2, -0.15) is 0 Å². The molecule has 2 amide bonds. The van der Waals surface area contributed by atoms with Gasteiger partial charge in [-0.15, -0.1) is 11.3 Å². The van der Waals surface area contributed by atoms with E-state index in [4.69, 9.17) is 0 Å². The van der Waals surface area contributed by atoms with E-state index < -0.39 is 0 Å². The van der Waals surface area contributed by atoms with E-state index in [1.54, 1.807) is 11.1 Å². The zero-order valence-corrected chi connectivity index (χ0v) is 13.5. The Labute approximate surface area is 129 Å². The lowest BCUT2D eigenvalue weighted by Crippen LogP contribution is -2.43. The number of aryl methyl sites for hydroxylation is 1. The van der Waals surface area contributed by atoms with Crippen molar-refractivity contribution in [3.05, 3.63) is 11.1 Å². The van der Waals surface area contributed by atoms with Gasteiger partial charge in [0, 0.05) is 23.5 Å². The fourth-order valence-corrected chi connectivity index (χ4v) is 2.95. The first-order valence-corrected chi connectivity index (χ1v) is 8.43. The molecule has 1 saturated carbocycles. The third kappa shape index (κ3) is 4.52. The van der Waals surface area contributed by atoms with Gasteiger partial charge in [0.15, 0.2) is 5.13 Å². The summed E-state index contributed by atoms with van der Waals surface area (Å²) in [7, 11) is 0. The second kappa shape index (κ2) is 7.54. The maximum atomic E-state index is 12.4. The summed E-state index contributed by atoms with van der Waals surface area (Å²) in [6, 6.07) is 0. The fourth-order valence-electron chi connectivity index (χ4n) is 2.27. The van der Waals surface area contributed by atoms with E-state index in [0.29, 0.717) is 11.7 Å². The molecule has 0 aromatic carbocycles. The lowest BCUT2D eigenvalue weighted by molar-refractivity contribution is -0.140. The molecule has 1 aromatic rings. The highest BCUT2D eigenvalue weighted by molar-refractivity contribution is 7.15. The number of rotatable bonds is 7. The number of unbranched alkanes of at least 4 members (excludes halogenated alkanes) is 1. The lowest BCUT2D eigenvalue weighted by atomic mass is 9.84. The quantitative estimate of drug-likeness (QED) is 0.842. The standard InChI is InChI=1S/C15H23N3O2S/c1-3-4-8-18(14(20)12-6-5-7-12)10-13(19)17-15-16-9-11(2)21-15/h9,12H,3-8,10H2,1-2H3,(H,16,17,19). The Hall–Kier alpha value is -1.43. The van der Waals surface area contributed by atoms with E-state index in [0.717, 1.165) is 37.0 Å². The SMILES string of the molecule is CCCCN(CC(=O)Nc1ncc(C)s1)C(=O)C1CCC1. The predicted octanol–water partition coefficient (Wildman–Crippen LogP) is 2.82. The number of carbonyl (C=O) groups excluding carboxylic acids is 2. The monoisotopic (exact) mass is 309 g/mol. The van der Waals surface area contributed by atoms with Crippen LogP contribution in [0.1, 0.15) is 43.9 Å². The summed E-state index contributed by atoms with van der Waals surface area (Å²) >= 11 is 1.44. The van der Waals surface area contributed by atoms with Crippen LogP contribution >= 0.6 is 11.3 Å². The number of hydrogen-bond acceptors (Lipinski definition) is 4. The van der Waals surface area contributed by atoms with Gasteiger partial charge in [-0.25, -0.2) is 4.98 Å². The van der Waals surface area contributed by atoms with Gasteiger partial charge >= 0.3 is 0 Å². The molecule has 1 aromatic heterocycles. The van der Waals surface area contributed by atoms with Gasteiger partial charge in [-0.3, -0.25) is 9.59 Å². The highest BCUT2D eigenvalue weighted by Crippen LogP contribution is 2.28. The smallest absolute Gasteiger partial charge is 0.245 e. The van der Waals surface area contributed by atoms with Crippen LogP contribution < -0.4 is 5.32 Å². The minimum absolute atomic E-state index is 0.133. The molecule has 5 nitrogen and oxygen atoms in total. The molecule has 0 atom stereocenters. The van der Waals surface area contributed by atoms with Crippen molar-refractivity contribution in [3.63, 3.8) is 0 Å². The molecule has 0 spiro atoms. The number of anilines is 1. The summed E-state index contributed by atoms with van der Waals surface area (Å²) in [4.78, 5) is 31.3. The van der Waals surface area contributed by atoms with Crippen molar-refractivity contribution in [2.45, 2.75) is 46.0 Å². The largest absolute Gasteiger partial charge is 0.333 e. The average molecular weight is 309 g/mol. The van der Waals surface area contributed by atoms with Crippen LogP contribution in [-0.4, -0.2) is 34.8 Å². The Balaban J connectivity index is 1.90. The molecule has 0 bridgehead atoms. The van der Waals surface area contributed by atoms with Crippen molar-refractivity contribution >= 4 is 28.3 Å². The van der Waals surface area contributed by atoms with E-state index in [9.17, 15) is 9.59 Å². The van der Waals surface area contributed by atoms with Crippen LogP contribution in [0.15, 0.2) is 6.20 Å². The normalized spacial score (nSPS) is 14.6. The molecule has 0 saturated heterocycles. The Morgan fingerprint density at radius 1 is 1.48 bits per heavy atom. The molecule has 0 radical (unpaired) electrons. The fraction of sp³-hybridized carbons (Fsp3) is 0.667. The summed E-state index contributed by atoms with van der Waals surface area (Å²) in [5, 5.41) is 3.38. The van der Waals surface area contributed by atoms with Gasteiger partial charge in [-0.05, 0) is 26.2 Å². The minimum atomic E-state index is -0.159. The maximum Gasteiger partial charge on any atom is 0.245 e. The van der Waals surface area contributed by atoms with Crippen molar-refractivity contribution in [2.75, 3.05) is 18.4 Å². The molecule has 1 fully saturated rings. The topological polar surface area (TPSA) is 62.3 Å². The third-order valence-electron chi connectivity index (χ3n) is 3.75. The number of nitrogens with one attached hydrogen (secondary N) is 1. The van der Waals surface area contributed by atoms with E-state index in [1.165, 1.54) is 11.3 Å². The summed E-state index contributed by atoms with van der Waals surface area (Å²) < 4.78 is 0. The van der Waals surface area contributed by atoms with Crippen LogP contribution in [0.4, 0.5) is 5.13 Å². The van der Waals surface area contributed by atoms with Crippen molar-refractivity contribution in [1.82, 2.24) is 9.88 Å². The van der Waals surface area contributed by atoms with E-state index in [-0.39, 0.29) is 24.3 Å². The molecule has 1 N–H and O–H groups in total. The minimum Gasteiger partial charge on any atom is -0.333 e. The van der Waals surface area contributed by atoms with Gasteiger partial charge in [0.05, 0.1) is 6.54 Å². The van der Waals surface area contributed by atoms with Gasteiger partial charge in [-0.1, -0.05) is 19.8 Å². The van der Waals surface area contributed by atoms with Crippen molar-refractivity contribution in [1.29, 1.82) is 0 Å². The molecule has 116 valence electrons. The number of thiazole rings is 1. The summed E-state index contributed by atoms with van der Waals surface area (Å²) in [6.45, 7) is 4.83. The van der Waals surface area contributed by atoms with Crippen molar-refractivity contribution < 1.29 is 9.59 Å². The van der Waals surface area contributed by atoms with Gasteiger partial charge in [0.25, 0.3) is 0 Å². The van der Waals surface area contributed by atoms with E-state index in [1.807, 2.05) is 6.92 Å². The van der Waals surface area contributed by atoms with E-state index >= 15 is 0 Å². The number of hydrogen-bond donors (Lipinski definition) is 1. The molecular formula is C15H23N3O2S.